The molecule has 5 heteroatoms. The van der Waals surface area contributed by atoms with Crippen LogP contribution >= 0.6 is 11.3 Å². The Balaban J connectivity index is 2.45. The van der Waals surface area contributed by atoms with Crippen molar-refractivity contribution in [3.05, 3.63) is 21.4 Å². The smallest absolute Gasteiger partial charge is 0.220 e. The van der Waals surface area contributed by atoms with Crippen LogP contribution in [0.3, 0.4) is 0 Å². The van der Waals surface area contributed by atoms with Crippen LogP contribution in [0.1, 0.15) is 46.8 Å². The highest BCUT2D eigenvalue weighted by Gasteiger charge is 2.16. The molecule has 0 radical (unpaired) electrons. The van der Waals surface area contributed by atoms with Gasteiger partial charge in [-0.25, -0.2) is 0 Å². The molecule has 2 atom stereocenters. The molecule has 0 fully saturated rings. The minimum absolute atomic E-state index is 0.0106. The maximum atomic E-state index is 12.0. The van der Waals surface area contributed by atoms with Crippen LogP contribution in [-0.2, 0) is 4.79 Å². The average Bonchev–Trinajstić information content (AvgIpc) is 2.73. The topological polar surface area (TPSA) is 66.4 Å². The fraction of sp³-hybridized carbons (Fsp3) is 0.600. The fourth-order valence-corrected chi connectivity index (χ4v) is 2.84. The van der Waals surface area contributed by atoms with Gasteiger partial charge in [-0.05, 0) is 32.8 Å². The first kappa shape index (κ1) is 16.9. The molecule has 1 rings (SSSR count). The van der Waals surface area contributed by atoms with Gasteiger partial charge in [0, 0.05) is 40.8 Å². The number of carbonyl (C=O) groups is 2. The Hall–Kier alpha value is -1.20. The Morgan fingerprint density at radius 1 is 1.30 bits per heavy atom. The zero-order chi connectivity index (χ0) is 15.3. The molecule has 0 saturated heterocycles. The second-order valence-electron chi connectivity index (χ2n) is 5.27. The minimum atomic E-state index is -0.143. The number of ketones is 1. The van der Waals surface area contributed by atoms with E-state index in [1.807, 2.05) is 33.8 Å². The zero-order valence-corrected chi connectivity index (χ0v) is 13.3. The summed E-state index contributed by atoms with van der Waals surface area (Å²) in [6.45, 7) is 7.66. The van der Waals surface area contributed by atoms with Crippen molar-refractivity contribution >= 4 is 23.0 Å². The molecule has 2 unspecified atom stereocenters. The van der Waals surface area contributed by atoms with Gasteiger partial charge in [0.1, 0.15) is 0 Å². The standard InChI is InChI=1S/C15H23NO3S/c1-9(8-17)11(3)16-15(19)6-5-14(18)13-7-10(2)20-12(13)4/h7,9,11,17H,5-6,8H2,1-4H3,(H,16,19). The van der Waals surface area contributed by atoms with E-state index in [9.17, 15) is 9.59 Å². The van der Waals surface area contributed by atoms with Gasteiger partial charge < -0.3 is 10.4 Å². The van der Waals surface area contributed by atoms with Crippen molar-refractivity contribution in [3.63, 3.8) is 0 Å². The van der Waals surface area contributed by atoms with E-state index < -0.39 is 0 Å². The summed E-state index contributed by atoms with van der Waals surface area (Å²) in [6, 6.07) is 1.80. The number of Topliss-reactive ketones (excluding diaryl/α,β-unsaturated/α-hetero) is 1. The van der Waals surface area contributed by atoms with E-state index in [1.54, 1.807) is 11.3 Å². The SMILES string of the molecule is Cc1cc(C(=O)CCC(=O)NC(C)C(C)CO)c(C)s1. The van der Waals surface area contributed by atoms with Crippen molar-refractivity contribution < 1.29 is 14.7 Å². The number of hydrogen-bond acceptors (Lipinski definition) is 4. The summed E-state index contributed by atoms with van der Waals surface area (Å²) in [6.07, 6.45) is 0.415. The summed E-state index contributed by atoms with van der Waals surface area (Å²) in [7, 11) is 0. The van der Waals surface area contributed by atoms with Crippen LogP contribution in [0.4, 0.5) is 0 Å². The highest BCUT2D eigenvalue weighted by molar-refractivity contribution is 7.12. The predicted octanol–water partition coefficient (Wildman–Crippen LogP) is 2.46. The molecule has 112 valence electrons. The fourth-order valence-electron chi connectivity index (χ4n) is 1.90. The Labute approximate surface area is 124 Å². The lowest BCUT2D eigenvalue weighted by atomic mass is 10.0. The summed E-state index contributed by atoms with van der Waals surface area (Å²) >= 11 is 1.60. The number of rotatable bonds is 7. The van der Waals surface area contributed by atoms with Gasteiger partial charge >= 0.3 is 0 Å². The van der Waals surface area contributed by atoms with Crippen LogP contribution in [0.5, 0.6) is 0 Å². The molecule has 0 bridgehead atoms. The maximum Gasteiger partial charge on any atom is 0.220 e. The molecular weight excluding hydrogens is 274 g/mol. The first-order chi connectivity index (χ1) is 9.35. The molecule has 1 aromatic heterocycles. The quantitative estimate of drug-likeness (QED) is 0.760. The first-order valence-corrected chi connectivity index (χ1v) is 7.67. The van der Waals surface area contributed by atoms with Crippen molar-refractivity contribution in [1.29, 1.82) is 0 Å². The first-order valence-electron chi connectivity index (χ1n) is 6.85. The van der Waals surface area contributed by atoms with Gasteiger partial charge in [0.15, 0.2) is 5.78 Å². The Morgan fingerprint density at radius 2 is 1.95 bits per heavy atom. The summed E-state index contributed by atoms with van der Waals surface area (Å²) in [5.74, 6) is -0.114. The van der Waals surface area contributed by atoms with Gasteiger partial charge in [0.05, 0.1) is 0 Å². The molecule has 0 spiro atoms. The number of amides is 1. The van der Waals surface area contributed by atoms with Gasteiger partial charge in [-0.2, -0.15) is 0 Å². The lowest BCUT2D eigenvalue weighted by Gasteiger charge is -2.19. The zero-order valence-electron chi connectivity index (χ0n) is 12.5. The van der Waals surface area contributed by atoms with E-state index in [2.05, 4.69) is 5.32 Å². The maximum absolute atomic E-state index is 12.0. The van der Waals surface area contributed by atoms with Crippen LogP contribution < -0.4 is 5.32 Å². The molecule has 2 N–H and O–H groups in total. The van der Waals surface area contributed by atoms with Gasteiger partial charge in [0.2, 0.25) is 5.91 Å². The molecular formula is C15H23NO3S. The van der Waals surface area contributed by atoms with Crippen molar-refractivity contribution in [2.24, 2.45) is 5.92 Å². The molecule has 20 heavy (non-hydrogen) atoms. The molecule has 1 amide bonds. The number of aliphatic hydroxyl groups is 1. The van der Waals surface area contributed by atoms with Crippen molar-refractivity contribution in [3.8, 4) is 0 Å². The van der Waals surface area contributed by atoms with E-state index in [0.29, 0.717) is 0 Å². The van der Waals surface area contributed by atoms with Crippen LogP contribution in [-0.4, -0.2) is 29.4 Å². The van der Waals surface area contributed by atoms with E-state index in [0.717, 1.165) is 15.3 Å². The molecule has 0 aliphatic carbocycles. The Bertz CT molecular complexity index is 481. The van der Waals surface area contributed by atoms with Crippen LogP contribution in [0.15, 0.2) is 6.07 Å². The Kier molecular flexibility index (Phi) is 6.36. The number of carbonyl (C=O) groups excluding carboxylic acids is 2. The lowest BCUT2D eigenvalue weighted by molar-refractivity contribution is -0.122. The predicted molar refractivity (Wildman–Crippen MR) is 81.2 cm³/mol. The van der Waals surface area contributed by atoms with Crippen molar-refractivity contribution in [2.75, 3.05) is 6.61 Å². The molecule has 0 aliphatic rings. The summed E-state index contributed by atoms with van der Waals surface area (Å²) in [5.41, 5.74) is 0.733. The second-order valence-corrected chi connectivity index (χ2v) is 6.73. The number of aliphatic hydroxyl groups excluding tert-OH is 1. The summed E-state index contributed by atoms with van der Waals surface area (Å²) in [4.78, 5) is 25.9. The molecule has 0 aliphatic heterocycles. The van der Waals surface area contributed by atoms with Crippen LogP contribution in [0.2, 0.25) is 0 Å². The molecule has 0 saturated carbocycles. The van der Waals surface area contributed by atoms with E-state index in [-0.39, 0.29) is 43.1 Å². The third-order valence-electron chi connectivity index (χ3n) is 3.45. The van der Waals surface area contributed by atoms with Crippen LogP contribution in [0.25, 0.3) is 0 Å². The third kappa shape index (κ3) is 4.72. The number of hydrogen-bond donors (Lipinski definition) is 2. The van der Waals surface area contributed by atoms with Gasteiger partial charge in [-0.3, -0.25) is 9.59 Å². The highest BCUT2D eigenvalue weighted by Crippen LogP contribution is 2.22. The normalized spacial score (nSPS) is 13.8. The van der Waals surface area contributed by atoms with E-state index in [1.165, 1.54) is 0 Å². The van der Waals surface area contributed by atoms with E-state index in [4.69, 9.17) is 5.11 Å². The van der Waals surface area contributed by atoms with Gasteiger partial charge in [-0.15, -0.1) is 11.3 Å². The van der Waals surface area contributed by atoms with Crippen molar-refractivity contribution in [2.45, 2.75) is 46.6 Å². The minimum Gasteiger partial charge on any atom is -0.396 e. The van der Waals surface area contributed by atoms with Crippen LogP contribution in [0, 0.1) is 19.8 Å². The van der Waals surface area contributed by atoms with E-state index >= 15 is 0 Å². The Morgan fingerprint density at radius 3 is 2.45 bits per heavy atom. The molecule has 0 aromatic carbocycles. The number of thiophene rings is 1. The van der Waals surface area contributed by atoms with Gasteiger partial charge in [0.25, 0.3) is 0 Å². The summed E-state index contributed by atoms with van der Waals surface area (Å²) < 4.78 is 0. The lowest BCUT2D eigenvalue weighted by Crippen LogP contribution is -2.38. The number of nitrogens with one attached hydrogen (secondary N) is 1. The molecule has 4 nitrogen and oxygen atoms in total. The number of aryl methyl sites for hydroxylation is 2. The largest absolute Gasteiger partial charge is 0.396 e. The summed E-state index contributed by atoms with van der Waals surface area (Å²) in [5, 5.41) is 11.8. The second kappa shape index (κ2) is 7.55. The van der Waals surface area contributed by atoms with Gasteiger partial charge in [-0.1, -0.05) is 6.92 Å². The molecule has 1 aromatic rings. The average molecular weight is 297 g/mol. The highest BCUT2D eigenvalue weighted by atomic mass is 32.1. The molecule has 1 heterocycles. The van der Waals surface area contributed by atoms with Crippen molar-refractivity contribution in [1.82, 2.24) is 5.32 Å². The monoisotopic (exact) mass is 297 g/mol. The third-order valence-corrected chi connectivity index (χ3v) is 4.42.